The average molecular weight is 249 g/mol. The molecule has 1 aromatic heterocycles. The van der Waals surface area contributed by atoms with Gasteiger partial charge < -0.3 is 16.0 Å². The highest BCUT2D eigenvalue weighted by Gasteiger charge is 2.24. The van der Waals surface area contributed by atoms with Gasteiger partial charge in [0.25, 0.3) is 5.91 Å². The predicted molar refractivity (Wildman–Crippen MR) is 69.4 cm³/mol. The number of piperidine rings is 1. The van der Waals surface area contributed by atoms with Crippen molar-refractivity contribution in [3.05, 3.63) is 17.8 Å². The van der Waals surface area contributed by atoms with E-state index in [4.69, 9.17) is 5.73 Å². The summed E-state index contributed by atoms with van der Waals surface area (Å²) < 4.78 is 0. The van der Waals surface area contributed by atoms with Gasteiger partial charge in [0.1, 0.15) is 0 Å². The lowest BCUT2D eigenvalue weighted by atomic mass is 9.95. The van der Waals surface area contributed by atoms with Crippen molar-refractivity contribution in [2.24, 2.45) is 11.7 Å². The minimum Gasteiger partial charge on any atom is -0.355 e. The lowest BCUT2D eigenvalue weighted by Crippen LogP contribution is -2.46. The molecule has 2 unspecified atom stereocenters. The zero-order chi connectivity index (χ0) is 13.1. The summed E-state index contributed by atoms with van der Waals surface area (Å²) >= 11 is 0. The van der Waals surface area contributed by atoms with Gasteiger partial charge in [-0.2, -0.15) is 0 Å². The predicted octanol–water partition coefficient (Wildman–Crippen LogP) is 0.00970. The number of hydrogen-bond donors (Lipinski definition) is 2. The number of nitrogens with zero attached hydrogens (tertiary/aromatic N) is 3. The molecule has 1 aliphatic rings. The summed E-state index contributed by atoms with van der Waals surface area (Å²) in [6.45, 7) is 3.91. The highest BCUT2D eigenvalue weighted by molar-refractivity contribution is 5.91. The number of carbonyl (C=O) groups is 1. The number of anilines is 1. The van der Waals surface area contributed by atoms with E-state index in [1.807, 2.05) is 6.07 Å². The zero-order valence-electron chi connectivity index (χ0n) is 10.8. The molecule has 0 aromatic carbocycles. The summed E-state index contributed by atoms with van der Waals surface area (Å²) in [6, 6.07) is 3.79. The van der Waals surface area contributed by atoms with E-state index < -0.39 is 0 Å². The van der Waals surface area contributed by atoms with Gasteiger partial charge in [-0.15, -0.1) is 10.2 Å². The lowest BCUT2D eigenvalue weighted by Gasteiger charge is -2.35. The van der Waals surface area contributed by atoms with Crippen LogP contribution in [-0.4, -0.2) is 42.3 Å². The van der Waals surface area contributed by atoms with Crippen LogP contribution in [0.3, 0.4) is 0 Å². The van der Waals surface area contributed by atoms with E-state index in [9.17, 15) is 4.79 Å². The number of rotatable bonds is 2. The van der Waals surface area contributed by atoms with E-state index in [-0.39, 0.29) is 11.9 Å². The molecule has 2 rings (SSSR count). The third kappa shape index (κ3) is 2.59. The molecule has 1 saturated heterocycles. The van der Waals surface area contributed by atoms with Gasteiger partial charge in [-0.05, 0) is 24.5 Å². The van der Waals surface area contributed by atoms with Crippen LogP contribution in [0, 0.1) is 5.92 Å². The first-order valence-corrected chi connectivity index (χ1v) is 6.18. The average Bonchev–Trinajstić information content (AvgIpc) is 2.41. The van der Waals surface area contributed by atoms with E-state index in [2.05, 4.69) is 27.3 Å². The molecule has 1 amide bonds. The number of amides is 1. The lowest BCUT2D eigenvalue weighted by molar-refractivity contribution is 0.0957. The molecule has 0 bridgehead atoms. The molecule has 2 atom stereocenters. The van der Waals surface area contributed by atoms with E-state index in [1.165, 1.54) is 0 Å². The maximum Gasteiger partial charge on any atom is 0.271 e. The van der Waals surface area contributed by atoms with Crippen molar-refractivity contribution in [2.45, 2.75) is 19.4 Å². The van der Waals surface area contributed by atoms with Crippen LogP contribution < -0.4 is 16.0 Å². The molecule has 0 aliphatic carbocycles. The Morgan fingerprint density at radius 3 is 2.83 bits per heavy atom. The number of hydrogen-bond acceptors (Lipinski definition) is 5. The number of nitrogens with two attached hydrogens (primary N) is 1. The van der Waals surface area contributed by atoms with Crippen LogP contribution in [0.15, 0.2) is 12.1 Å². The van der Waals surface area contributed by atoms with E-state index in [0.717, 1.165) is 25.3 Å². The molecule has 6 nitrogen and oxygen atoms in total. The molecular formula is C12H19N5O. The standard InChI is InChI=1S/C12H19N5O/c1-8-7-17(6-5-9(8)13)11-4-3-10(15-16-11)12(18)14-2/h3-4,8-9H,5-7,13H2,1-2H3,(H,14,18). The summed E-state index contributed by atoms with van der Waals surface area (Å²) in [5.74, 6) is 1.03. The minimum absolute atomic E-state index is 0.219. The van der Waals surface area contributed by atoms with Gasteiger partial charge in [0.05, 0.1) is 0 Å². The first-order chi connectivity index (χ1) is 8.61. The largest absolute Gasteiger partial charge is 0.355 e. The van der Waals surface area contributed by atoms with Crippen LogP contribution in [0.1, 0.15) is 23.8 Å². The van der Waals surface area contributed by atoms with Crippen LogP contribution in [0.5, 0.6) is 0 Å². The Labute approximate surface area is 107 Å². The summed E-state index contributed by atoms with van der Waals surface area (Å²) in [5.41, 5.74) is 6.32. The summed E-state index contributed by atoms with van der Waals surface area (Å²) in [6.07, 6.45) is 0.958. The Hall–Kier alpha value is -1.69. The summed E-state index contributed by atoms with van der Waals surface area (Å²) in [4.78, 5) is 13.5. The van der Waals surface area contributed by atoms with Crippen molar-refractivity contribution in [3.8, 4) is 0 Å². The molecule has 0 spiro atoms. The van der Waals surface area contributed by atoms with Crippen molar-refractivity contribution in [1.82, 2.24) is 15.5 Å². The molecule has 0 radical (unpaired) electrons. The van der Waals surface area contributed by atoms with Crippen molar-refractivity contribution in [3.63, 3.8) is 0 Å². The molecule has 2 heterocycles. The minimum atomic E-state index is -0.219. The zero-order valence-corrected chi connectivity index (χ0v) is 10.8. The van der Waals surface area contributed by atoms with Gasteiger partial charge >= 0.3 is 0 Å². The Bertz CT molecular complexity index is 419. The second-order valence-electron chi connectivity index (χ2n) is 4.73. The Kier molecular flexibility index (Phi) is 3.76. The quantitative estimate of drug-likeness (QED) is 0.771. The maximum absolute atomic E-state index is 11.4. The highest BCUT2D eigenvalue weighted by Crippen LogP contribution is 2.20. The van der Waals surface area contributed by atoms with Crippen molar-refractivity contribution < 1.29 is 4.79 Å². The van der Waals surface area contributed by atoms with Crippen molar-refractivity contribution >= 4 is 11.7 Å². The fourth-order valence-corrected chi connectivity index (χ4v) is 2.11. The third-order valence-corrected chi connectivity index (χ3v) is 3.41. The molecule has 1 fully saturated rings. The number of aromatic nitrogens is 2. The first kappa shape index (κ1) is 12.8. The van der Waals surface area contributed by atoms with Gasteiger partial charge in [-0.3, -0.25) is 4.79 Å². The van der Waals surface area contributed by atoms with E-state index in [0.29, 0.717) is 11.6 Å². The topological polar surface area (TPSA) is 84.1 Å². The third-order valence-electron chi connectivity index (χ3n) is 3.41. The Morgan fingerprint density at radius 1 is 1.50 bits per heavy atom. The molecule has 3 N–H and O–H groups in total. The van der Waals surface area contributed by atoms with Crippen LogP contribution in [-0.2, 0) is 0 Å². The van der Waals surface area contributed by atoms with Gasteiger partial charge in [-0.1, -0.05) is 6.92 Å². The Morgan fingerprint density at radius 2 is 2.28 bits per heavy atom. The van der Waals surface area contributed by atoms with Gasteiger partial charge in [-0.25, -0.2) is 0 Å². The summed E-state index contributed by atoms with van der Waals surface area (Å²) in [7, 11) is 1.58. The molecule has 98 valence electrons. The number of carbonyl (C=O) groups excluding carboxylic acids is 1. The second-order valence-corrected chi connectivity index (χ2v) is 4.73. The van der Waals surface area contributed by atoms with Crippen LogP contribution in [0.25, 0.3) is 0 Å². The SMILES string of the molecule is CNC(=O)c1ccc(N2CCC(N)C(C)C2)nn1. The maximum atomic E-state index is 11.4. The molecule has 1 aliphatic heterocycles. The molecule has 6 heteroatoms. The molecule has 0 saturated carbocycles. The second kappa shape index (κ2) is 5.30. The normalized spacial score (nSPS) is 23.8. The first-order valence-electron chi connectivity index (χ1n) is 6.18. The molecule has 18 heavy (non-hydrogen) atoms. The van der Waals surface area contributed by atoms with Crippen molar-refractivity contribution in [2.75, 3.05) is 25.0 Å². The van der Waals surface area contributed by atoms with Crippen molar-refractivity contribution in [1.29, 1.82) is 0 Å². The summed E-state index contributed by atoms with van der Waals surface area (Å²) in [5, 5.41) is 10.6. The van der Waals surface area contributed by atoms with E-state index in [1.54, 1.807) is 13.1 Å². The van der Waals surface area contributed by atoms with E-state index >= 15 is 0 Å². The fraction of sp³-hybridized carbons (Fsp3) is 0.583. The van der Waals surface area contributed by atoms with Crippen LogP contribution in [0.4, 0.5) is 5.82 Å². The molecule has 1 aromatic rings. The van der Waals surface area contributed by atoms with Crippen LogP contribution in [0.2, 0.25) is 0 Å². The Balaban J connectivity index is 2.08. The van der Waals surface area contributed by atoms with Crippen LogP contribution >= 0.6 is 0 Å². The monoisotopic (exact) mass is 249 g/mol. The van der Waals surface area contributed by atoms with Gasteiger partial charge in [0, 0.05) is 26.2 Å². The van der Waals surface area contributed by atoms with Gasteiger partial charge in [0.15, 0.2) is 11.5 Å². The van der Waals surface area contributed by atoms with Gasteiger partial charge in [0.2, 0.25) is 0 Å². The fourth-order valence-electron chi connectivity index (χ4n) is 2.11. The smallest absolute Gasteiger partial charge is 0.271 e. The highest BCUT2D eigenvalue weighted by atomic mass is 16.1. The molecular weight excluding hydrogens is 230 g/mol. The number of nitrogens with one attached hydrogen (secondary N) is 1.